The lowest BCUT2D eigenvalue weighted by molar-refractivity contribution is -0.137. The van der Waals surface area contributed by atoms with Crippen molar-refractivity contribution in [3.05, 3.63) is 71.2 Å². The van der Waals surface area contributed by atoms with E-state index in [-0.39, 0.29) is 5.91 Å². The Hall–Kier alpha value is -3.75. The van der Waals surface area contributed by atoms with E-state index >= 15 is 0 Å². The van der Waals surface area contributed by atoms with Crippen LogP contribution in [-0.4, -0.2) is 25.7 Å². The number of hydrogen-bond donors (Lipinski definition) is 1. The summed E-state index contributed by atoms with van der Waals surface area (Å²) in [4.78, 5) is 21.1. The molecule has 158 valence electrons. The molecule has 0 saturated heterocycles. The number of hydrogen-bond acceptors (Lipinski definition) is 4. The highest BCUT2D eigenvalue weighted by atomic mass is 19.4. The van der Waals surface area contributed by atoms with E-state index in [1.54, 1.807) is 30.1 Å². The number of anilines is 1. The van der Waals surface area contributed by atoms with Crippen LogP contribution >= 0.6 is 0 Å². The number of rotatable bonds is 3. The van der Waals surface area contributed by atoms with Gasteiger partial charge in [-0.1, -0.05) is 0 Å². The SMILES string of the molecule is Cc1cc(-c2ncc3cc(C(F)(F)F)ccc3n2)ccc1NC(=O)c1nn(C)cc1C. The number of fused-ring (bicyclic) bond motifs is 1. The van der Waals surface area contributed by atoms with Crippen molar-refractivity contribution < 1.29 is 18.0 Å². The van der Waals surface area contributed by atoms with Crippen LogP contribution in [0.1, 0.15) is 27.2 Å². The van der Waals surface area contributed by atoms with Gasteiger partial charge in [-0.25, -0.2) is 9.97 Å². The number of halogens is 3. The molecule has 1 N–H and O–H groups in total. The molecule has 0 atom stereocenters. The summed E-state index contributed by atoms with van der Waals surface area (Å²) in [7, 11) is 1.75. The topological polar surface area (TPSA) is 72.7 Å². The number of carbonyl (C=O) groups is 1. The average molecular weight is 425 g/mol. The van der Waals surface area contributed by atoms with Crippen LogP contribution < -0.4 is 5.32 Å². The summed E-state index contributed by atoms with van der Waals surface area (Å²) >= 11 is 0. The molecule has 0 unspecified atom stereocenters. The molecular weight excluding hydrogens is 407 g/mol. The zero-order valence-electron chi connectivity index (χ0n) is 16.9. The molecule has 9 heteroatoms. The monoisotopic (exact) mass is 425 g/mol. The highest BCUT2D eigenvalue weighted by Crippen LogP contribution is 2.31. The van der Waals surface area contributed by atoms with Gasteiger partial charge in [-0.15, -0.1) is 0 Å². The van der Waals surface area contributed by atoms with Gasteiger partial charge in [0.05, 0.1) is 11.1 Å². The van der Waals surface area contributed by atoms with Crippen molar-refractivity contribution in [1.82, 2.24) is 19.7 Å². The Balaban J connectivity index is 1.60. The van der Waals surface area contributed by atoms with E-state index in [1.165, 1.54) is 12.3 Å². The quantitative estimate of drug-likeness (QED) is 0.506. The molecule has 2 aromatic heterocycles. The first kappa shape index (κ1) is 20.5. The number of alkyl halides is 3. The predicted molar refractivity (Wildman–Crippen MR) is 111 cm³/mol. The molecule has 0 fully saturated rings. The maximum Gasteiger partial charge on any atom is 0.416 e. The predicted octanol–water partition coefficient (Wildman–Crippen LogP) is 4.92. The van der Waals surface area contributed by atoms with Gasteiger partial charge in [0, 0.05) is 41.6 Å². The van der Waals surface area contributed by atoms with Crippen LogP contribution in [0.25, 0.3) is 22.3 Å². The van der Waals surface area contributed by atoms with Gasteiger partial charge in [0.1, 0.15) is 0 Å². The highest BCUT2D eigenvalue weighted by molar-refractivity contribution is 6.04. The lowest BCUT2D eigenvalue weighted by Gasteiger charge is -2.10. The van der Waals surface area contributed by atoms with Gasteiger partial charge < -0.3 is 5.32 Å². The van der Waals surface area contributed by atoms with Crippen LogP contribution in [0.15, 0.2) is 48.8 Å². The zero-order chi connectivity index (χ0) is 22.3. The normalized spacial score (nSPS) is 11.7. The Morgan fingerprint density at radius 3 is 2.48 bits per heavy atom. The first-order valence-electron chi connectivity index (χ1n) is 9.38. The van der Waals surface area contributed by atoms with E-state index in [1.807, 2.05) is 19.9 Å². The van der Waals surface area contributed by atoms with Crippen LogP contribution in [-0.2, 0) is 13.2 Å². The molecule has 0 aliphatic heterocycles. The second-order valence-corrected chi connectivity index (χ2v) is 7.28. The molecule has 6 nitrogen and oxygen atoms in total. The fourth-order valence-electron chi connectivity index (χ4n) is 3.30. The third-order valence-electron chi connectivity index (χ3n) is 4.87. The summed E-state index contributed by atoms with van der Waals surface area (Å²) in [5, 5.41) is 7.32. The molecule has 1 amide bonds. The molecular formula is C22H18F3N5O. The summed E-state index contributed by atoms with van der Waals surface area (Å²) in [6.07, 6.45) is -1.28. The van der Waals surface area contributed by atoms with E-state index < -0.39 is 11.7 Å². The number of aromatic nitrogens is 4. The lowest BCUT2D eigenvalue weighted by atomic mass is 10.1. The Labute approximate surface area is 175 Å². The second-order valence-electron chi connectivity index (χ2n) is 7.28. The highest BCUT2D eigenvalue weighted by Gasteiger charge is 2.30. The fraction of sp³-hybridized carbons (Fsp3) is 0.182. The Morgan fingerprint density at radius 2 is 1.84 bits per heavy atom. The Morgan fingerprint density at radius 1 is 1.06 bits per heavy atom. The number of nitrogens with zero attached hydrogens (tertiary/aromatic N) is 4. The maximum atomic E-state index is 12.9. The van der Waals surface area contributed by atoms with Crippen molar-refractivity contribution in [1.29, 1.82) is 0 Å². The van der Waals surface area contributed by atoms with E-state index in [9.17, 15) is 18.0 Å². The van der Waals surface area contributed by atoms with Gasteiger partial charge in [0.2, 0.25) is 0 Å². The summed E-state index contributed by atoms with van der Waals surface area (Å²) in [5.41, 5.74) is 2.89. The van der Waals surface area contributed by atoms with E-state index in [4.69, 9.17) is 0 Å². The van der Waals surface area contributed by atoms with Crippen molar-refractivity contribution in [3.63, 3.8) is 0 Å². The van der Waals surface area contributed by atoms with Gasteiger partial charge in [-0.2, -0.15) is 18.3 Å². The van der Waals surface area contributed by atoms with E-state index in [0.29, 0.717) is 33.7 Å². The van der Waals surface area contributed by atoms with Crippen LogP contribution in [0.4, 0.5) is 18.9 Å². The molecule has 0 radical (unpaired) electrons. The van der Waals surface area contributed by atoms with Gasteiger partial charge >= 0.3 is 6.18 Å². The molecule has 0 aliphatic carbocycles. The smallest absolute Gasteiger partial charge is 0.320 e. The number of amides is 1. The molecule has 4 rings (SSSR count). The van der Waals surface area contributed by atoms with Crippen LogP contribution in [0, 0.1) is 13.8 Å². The summed E-state index contributed by atoms with van der Waals surface area (Å²) in [6.45, 7) is 3.65. The van der Waals surface area contributed by atoms with Crippen molar-refractivity contribution in [2.24, 2.45) is 7.05 Å². The molecule has 0 spiro atoms. The van der Waals surface area contributed by atoms with Crippen molar-refractivity contribution in [2.75, 3.05) is 5.32 Å². The largest absolute Gasteiger partial charge is 0.416 e. The summed E-state index contributed by atoms with van der Waals surface area (Å²) in [5.74, 6) is 0.0742. The number of aryl methyl sites for hydroxylation is 3. The molecule has 31 heavy (non-hydrogen) atoms. The molecule has 2 heterocycles. The Bertz CT molecular complexity index is 1310. The van der Waals surface area contributed by atoms with Crippen LogP contribution in [0.3, 0.4) is 0 Å². The maximum absolute atomic E-state index is 12.9. The first-order valence-corrected chi connectivity index (χ1v) is 9.38. The third kappa shape index (κ3) is 4.11. The van der Waals surface area contributed by atoms with Gasteiger partial charge in [0.25, 0.3) is 5.91 Å². The first-order chi connectivity index (χ1) is 14.6. The molecule has 2 aromatic carbocycles. The third-order valence-corrected chi connectivity index (χ3v) is 4.87. The summed E-state index contributed by atoms with van der Waals surface area (Å²) < 4.78 is 40.2. The minimum atomic E-state index is -4.42. The minimum absolute atomic E-state index is 0.309. The second kappa shape index (κ2) is 7.50. The van der Waals surface area contributed by atoms with Crippen molar-refractivity contribution in [2.45, 2.75) is 20.0 Å². The van der Waals surface area contributed by atoms with Crippen molar-refractivity contribution in [3.8, 4) is 11.4 Å². The lowest BCUT2D eigenvalue weighted by Crippen LogP contribution is -2.15. The van der Waals surface area contributed by atoms with Gasteiger partial charge in [0.15, 0.2) is 11.5 Å². The van der Waals surface area contributed by atoms with E-state index in [2.05, 4.69) is 20.4 Å². The standard InChI is InChI=1S/C22H18F3N5O/c1-12-8-14(4-6-17(12)28-21(31)19-13(2)11-30(3)29-19)20-26-10-15-9-16(22(23,24)25)5-7-18(15)27-20/h4-11H,1-3H3,(H,28,31). The van der Waals surface area contributed by atoms with Gasteiger partial charge in [-0.3, -0.25) is 9.48 Å². The molecule has 0 saturated carbocycles. The summed E-state index contributed by atoms with van der Waals surface area (Å²) in [6, 6.07) is 8.66. The number of benzene rings is 2. The minimum Gasteiger partial charge on any atom is -0.320 e. The van der Waals surface area contributed by atoms with Crippen LogP contribution in [0.2, 0.25) is 0 Å². The van der Waals surface area contributed by atoms with Crippen LogP contribution in [0.5, 0.6) is 0 Å². The number of nitrogens with one attached hydrogen (secondary N) is 1. The fourth-order valence-corrected chi connectivity index (χ4v) is 3.30. The average Bonchev–Trinajstić information content (AvgIpc) is 3.06. The molecule has 0 aliphatic rings. The van der Waals surface area contributed by atoms with Gasteiger partial charge in [-0.05, 0) is 55.8 Å². The van der Waals surface area contributed by atoms with Crippen molar-refractivity contribution >= 4 is 22.5 Å². The number of carbonyl (C=O) groups excluding carboxylic acids is 1. The molecule has 4 aromatic rings. The Kier molecular flexibility index (Phi) is 4.96. The van der Waals surface area contributed by atoms with E-state index in [0.717, 1.165) is 23.3 Å². The molecule has 0 bridgehead atoms. The zero-order valence-corrected chi connectivity index (χ0v) is 16.9.